The molecule has 1 atom stereocenters. The van der Waals surface area contributed by atoms with E-state index in [9.17, 15) is 4.79 Å². The molecular weight excluding hydrogens is 346 g/mol. The molecule has 5 heteroatoms. The van der Waals surface area contributed by atoms with Crippen molar-refractivity contribution in [1.82, 2.24) is 10.4 Å². The summed E-state index contributed by atoms with van der Waals surface area (Å²) in [7, 11) is 0. The van der Waals surface area contributed by atoms with Gasteiger partial charge >= 0.3 is 0 Å². The van der Waals surface area contributed by atoms with E-state index >= 15 is 0 Å². The van der Waals surface area contributed by atoms with Crippen LogP contribution in [0.15, 0.2) is 47.6 Å². The summed E-state index contributed by atoms with van der Waals surface area (Å²) in [6.07, 6.45) is 4.94. The molecule has 1 aromatic heterocycles. The number of aromatic amines is 1. The zero-order valence-corrected chi connectivity index (χ0v) is 15.3. The molecule has 26 heavy (non-hydrogen) atoms. The van der Waals surface area contributed by atoms with Gasteiger partial charge in [0.2, 0.25) is 0 Å². The number of hydrazone groups is 1. The van der Waals surface area contributed by atoms with E-state index in [4.69, 9.17) is 11.6 Å². The zero-order valence-electron chi connectivity index (χ0n) is 14.6. The van der Waals surface area contributed by atoms with Crippen LogP contribution >= 0.6 is 11.6 Å². The lowest BCUT2D eigenvalue weighted by molar-refractivity contribution is 0.0955. The van der Waals surface area contributed by atoms with Gasteiger partial charge in [-0.25, -0.2) is 5.43 Å². The Kier molecular flexibility index (Phi) is 4.51. The monoisotopic (exact) mass is 365 g/mol. The largest absolute Gasteiger partial charge is 0.358 e. The number of amides is 1. The van der Waals surface area contributed by atoms with Gasteiger partial charge in [0.05, 0.1) is 6.21 Å². The maximum Gasteiger partial charge on any atom is 0.271 e. The molecule has 2 aromatic carbocycles. The molecule has 3 aromatic rings. The second-order valence-electron chi connectivity index (χ2n) is 6.94. The third kappa shape index (κ3) is 3.37. The molecule has 0 spiro atoms. The van der Waals surface area contributed by atoms with Gasteiger partial charge in [0.25, 0.3) is 5.91 Å². The van der Waals surface area contributed by atoms with Crippen molar-refractivity contribution in [2.75, 3.05) is 0 Å². The molecule has 1 unspecified atom stereocenters. The predicted molar refractivity (Wildman–Crippen MR) is 106 cm³/mol. The summed E-state index contributed by atoms with van der Waals surface area (Å²) < 4.78 is 0. The number of aromatic nitrogens is 1. The highest BCUT2D eigenvalue weighted by atomic mass is 35.5. The number of nitrogens with zero attached hydrogens (tertiary/aromatic N) is 1. The van der Waals surface area contributed by atoms with Crippen molar-refractivity contribution in [2.24, 2.45) is 11.0 Å². The third-order valence-electron chi connectivity index (χ3n) is 4.92. The summed E-state index contributed by atoms with van der Waals surface area (Å²) in [5.74, 6) is 0.463. The third-order valence-corrected chi connectivity index (χ3v) is 5.16. The number of aryl methyl sites for hydroxylation is 1. The molecule has 4 nitrogen and oxygen atoms in total. The minimum Gasteiger partial charge on any atom is -0.358 e. The Bertz CT molecular complexity index is 1010. The van der Waals surface area contributed by atoms with E-state index in [0.717, 1.165) is 29.3 Å². The van der Waals surface area contributed by atoms with Gasteiger partial charge in [0.15, 0.2) is 0 Å². The summed E-state index contributed by atoms with van der Waals surface area (Å²) in [6.45, 7) is 2.28. The molecule has 0 bridgehead atoms. The van der Waals surface area contributed by atoms with Crippen molar-refractivity contribution < 1.29 is 4.79 Å². The molecule has 0 saturated carbocycles. The van der Waals surface area contributed by atoms with E-state index in [1.807, 2.05) is 30.3 Å². The molecule has 1 aliphatic rings. The van der Waals surface area contributed by atoms with Crippen LogP contribution < -0.4 is 5.43 Å². The quantitative estimate of drug-likeness (QED) is 0.512. The molecule has 2 N–H and O–H groups in total. The Labute approximate surface area is 157 Å². The van der Waals surface area contributed by atoms with Gasteiger partial charge in [-0.2, -0.15) is 5.10 Å². The number of rotatable bonds is 3. The van der Waals surface area contributed by atoms with Crippen LogP contribution in [0.3, 0.4) is 0 Å². The van der Waals surface area contributed by atoms with Crippen molar-refractivity contribution in [2.45, 2.75) is 26.2 Å². The lowest BCUT2D eigenvalue weighted by Gasteiger charge is -2.18. The lowest BCUT2D eigenvalue weighted by atomic mass is 9.87. The first-order chi connectivity index (χ1) is 12.6. The van der Waals surface area contributed by atoms with E-state index < -0.39 is 0 Å². The van der Waals surface area contributed by atoms with E-state index in [1.165, 1.54) is 17.7 Å². The zero-order chi connectivity index (χ0) is 18.1. The molecule has 1 heterocycles. The highest BCUT2D eigenvalue weighted by Gasteiger charge is 2.20. The van der Waals surface area contributed by atoms with Gasteiger partial charge in [-0.1, -0.05) is 30.7 Å². The lowest BCUT2D eigenvalue weighted by Crippen LogP contribution is -2.17. The first-order valence-corrected chi connectivity index (χ1v) is 9.20. The minimum absolute atomic E-state index is 0.219. The maximum absolute atomic E-state index is 12.4. The number of hydrogen-bond acceptors (Lipinski definition) is 2. The topological polar surface area (TPSA) is 57.2 Å². The van der Waals surface area contributed by atoms with Gasteiger partial charge in [-0.05, 0) is 66.6 Å². The molecule has 1 amide bonds. The van der Waals surface area contributed by atoms with Crippen LogP contribution in [-0.2, 0) is 12.8 Å². The first kappa shape index (κ1) is 16.9. The standard InChI is InChI=1S/C21H20ClN3O/c1-13-5-7-19-17(9-13)18-11-15(6-8-20(18)24-19)21(26)25-23-12-14-3-2-4-16(22)10-14/h2-4,6,8,10-13,24H,5,7,9H2,1H3,(H,25,26)/b23-12-. The molecular formula is C21H20ClN3O. The second-order valence-corrected chi connectivity index (χ2v) is 7.38. The van der Waals surface area contributed by atoms with Gasteiger partial charge in [-0.15, -0.1) is 0 Å². The fourth-order valence-electron chi connectivity index (χ4n) is 3.55. The van der Waals surface area contributed by atoms with Crippen molar-refractivity contribution in [3.8, 4) is 0 Å². The molecule has 0 fully saturated rings. The summed E-state index contributed by atoms with van der Waals surface area (Å²) >= 11 is 5.94. The fraction of sp³-hybridized carbons (Fsp3) is 0.238. The van der Waals surface area contributed by atoms with Crippen LogP contribution in [0.2, 0.25) is 5.02 Å². The minimum atomic E-state index is -0.219. The number of H-pyrrole nitrogens is 1. The van der Waals surface area contributed by atoms with Crippen molar-refractivity contribution >= 4 is 34.6 Å². The number of hydrogen-bond donors (Lipinski definition) is 2. The average molecular weight is 366 g/mol. The van der Waals surface area contributed by atoms with Crippen LogP contribution in [0.4, 0.5) is 0 Å². The van der Waals surface area contributed by atoms with Crippen LogP contribution in [0, 0.1) is 5.92 Å². The maximum atomic E-state index is 12.4. The summed E-state index contributed by atoms with van der Waals surface area (Å²) in [5, 5.41) is 5.82. The normalized spacial score (nSPS) is 16.8. The fourth-order valence-corrected chi connectivity index (χ4v) is 3.75. The van der Waals surface area contributed by atoms with Gasteiger partial charge in [0, 0.05) is 27.2 Å². The number of fused-ring (bicyclic) bond motifs is 3. The van der Waals surface area contributed by atoms with Crippen LogP contribution in [0.25, 0.3) is 10.9 Å². The Hall–Kier alpha value is -2.59. The van der Waals surface area contributed by atoms with Gasteiger partial charge < -0.3 is 4.98 Å². The Morgan fingerprint density at radius 1 is 1.31 bits per heavy atom. The van der Waals surface area contributed by atoms with Crippen LogP contribution in [0.5, 0.6) is 0 Å². The highest BCUT2D eigenvalue weighted by molar-refractivity contribution is 6.30. The van der Waals surface area contributed by atoms with E-state index in [2.05, 4.69) is 22.4 Å². The SMILES string of the molecule is CC1CCc2[nH]c3ccc(C(=O)N/N=C\c4cccc(Cl)c4)cc3c2C1. The van der Waals surface area contributed by atoms with E-state index in [-0.39, 0.29) is 5.91 Å². The van der Waals surface area contributed by atoms with Crippen molar-refractivity contribution in [1.29, 1.82) is 0 Å². The van der Waals surface area contributed by atoms with Gasteiger partial charge in [0.1, 0.15) is 0 Å². The number of halogens is 1. The van der Waals surface area contributed by atoms with E-state index in [1.54, 1.807) is 18.3 Å². The summed E-state index contributed by atoms with van der Waals surface area (Å²) in [6, 6.07) is 13.1. The summed E-state index contributed by atoms with van der Waals surface area (Å²) in [5.41, 5.74) is 7.81. The Balaban J connectivity index is 1.54. The summed E-state index contributed by atoms with van der Waals surface area (Å²) in [4.78, 5) is 15.9. The number of nitrogens with one attached hydrogen (secondary N) is 2. The smallest absolute Gasteiger partial charge is 0.271 e. The molecule has 0 saturated heterocycles. The first-order valence-electron chi connectivity index (χ1n) is 8.82. The van der Waals surface area contributed by atoms with Crippen LogP contribution in [0.1, 0.15) is 40.5 Å². The number of carbonyl (C=O) groups excluding carboxylic acids is 1. The van der Waals surface area contributed by atoms with Crippen molar-refractivity contribution in [3.05, 3.63) is 69.9 Å². The molecule has 0 aliphatic heterocycles. The molecule has 1 aliphatic carbocycles. The molecule has 132 valence electrons. The van der Waals surface area contributed by atoms with Crippen LogP contribution in [-0.4, -0.2) is 17.1 Å². The highest BCUT2D eigenvalue weighted by Crippen LogP contribution is 2.32. The Morgan fingerprint density at radius 2 is 2.19 bits per heavy atom. The Morgan fingerprint density at radius 3 is 3.04 bits per heavy atom. The number of benzene rings is 2. The average Bonchev–Trinajstić information content (AvgIpc) is 2.99. The predicted octanol–water partition coefficient (Wildman–Crippen LogP) is 4.71. The van der Waals surface area contributed by atoms with Crippen molar-refractivity contribution in [3.63, 3.8) is 0 Å². The molecule has 0 radical (unpaired) electrons. The number of carbonyl (C=O) groups is 1. The second kappa shape index (κ2) is 6.96. The molecule has 4 rings (SSSR count). The van der Waals surface area contributed by atoms with E-state index in [0.29, 0.717) is 16.5 Å². The van der Waals surface area contributed by atoms with Gasteiger partial charge in [-0.3, -0.25) is 4.79 Å².